The van der Waals surface area contributed by atoms with Crippen molar-refractivity contribution in [2.75, 3.05) is 13.2 Å². The second-order valence-corrected chi connectivity index (χ2v) is 3.66. The van der Waals surface area contributed by atoms with Crippen LogP contribution in [0.2, 0.25) is 5.02 Å². The van der Waals surface area contributed by atoms with Gasteiger partial charge in [-0.15, -0.1) is 0 Å². The molecular formula is C12H15ClO2. The largest absolute Gasteiger partial charge is 0.381 e. The molecule has 0 amide bonds. The summed E-state index contributed by atoms with van der Waals surface area (Å²) in [5.74, 6) is 0.163. The first-order valence-electron chi connectivity index (χ1n) is 5.07. The van der Waals surface area contributed by atoms with E-state index in [9.17, 15) is 4.79 Å². The molecule has 0 aliphatic carbocycles. The fourth-order valence-corrected chi connectivity index (χ4v) is 1.48. The Kier molecular flexibility index (Phi) is 5.37. The van der Waals surface area contributed by atoms with Crippen LogP contribution in [0.1, 0.15) is 18.9 Å². The summed E-state index contributed by atoms with van der Waals surface area (Å²) in [5.41, 5.74) is 0.890. The number of carbonyl (C=O) groups is 1. The highest BCUT2D eigenvalue weighted by atomic mass is 35.5. The van der Waals surface area contributed by atoms with Gasteiger partial charge in [-0.2, -0.15) is 0 Å². The van der Waals surface area contributed by atoms with Crippen LogP contribution in [-0.4, -0.2) is 19.0 Å². The summed E-state index contributed by atoms with van der Waals surface area (Å²) in [7, 11) is 0. The molecule has 82 valence electrons. The third-order valence-corrected chi connectivity index (χ3v) is 2.44. The number of halogens is 1. The molecule has 0 radical (unpaired) electrons. The molecule has 0 spiro atoms. The average molecular weight is 227 g/mol. The number of benzene rings is 1. The molecule has 1 rings (SSSR count). The summed E-state index contributed by atoms with van der Waals surface area (Å²) in [6.45, 7) is 3.07. The van der Waals surface area contributed by atoms with Crippen molar-refractivity contribution in [3.8, 4) is 0 Å². The molecule has 15 heavy (non-hydrogen) atoms. The second-order valence-electron chi connectivity index (χ2n) is 3.25. The van der Waals surface area contributed by atoms with Crippen LogP contribution in [0.15, 0.2) is 24.3 Å². The van der Waals surface area contributed by atoms with Crippen LogP contribution in [-0.2, 0) is 16.0 Å². The summed E-state index contributed by atoms with van der Waals surface area (Å²) in [5, 5.41) is 0.655. The van der Waals surface area contributed by atoms with Crippen LogP contribution < -0.4 is 0 Å². The monoisotopic (exact) mass is 226 g/mol. The fourth-order valence-electron chi connectivity index (χ4n) is 1.27. The van der Waals surface area contributed by atoms with E-state index in [1.54, 1.807) is 6.07 Å². The third kappa shape index (κ3) is 4.45. The van der Waals surface area contributed by atoms with Crippen molar-refractivity contribution in [1.29, 1.82) is 0 Å². The van der Waals surface area contributed by atoms with E-state index in [2.05, 4.69) is 0 Å². The van der Waals surface area contributed by atoms with Gasteiger partial charge < -0.3 is 4.74 Å². The predicted octanol–water partition coefficient (Wildman–Crippen LogP) is 2.88. The summed E-state index contributed by atoms with van der Waals surface area (Å²) in [4.78, 5) is 11.5. The summed E-state index contributed by atoms with van der Waals surface area (Å²) in [6, 6.07) is 7.42. The van der Waals surface area contributed by atoms with Crippen LogP contribution in [0.4, 0.5) is 0 Å². The zero-order valence-corrected chi connectivity index (χ0v) is 9.59. The number of hydrogen-bond acceptors (Lipinski definition) is 2. The smallest absolute Gasteiger partial charge is 0.139 e. The van der Waals surface area contributed by atoms with Gasteiger partial charge in [-0.05, 0) is 18.6 Å². The van der Waals surface area contributed by atoms with Crippen molar-refractivity contribution in [3.05, 3.63) is 34.9 Å². The van der Waals surface area contributed by atoms with Gasteiger partial charge in [0.15, 0.2) is 0 Å². The highest BCUT2D eigenvalue weighted by Crippen LogP contribution is 2.15. The van der Waals surface area contributed by atoms with Crippen molar-refractivity contribution in [2.45, 2.75) is 19.8 Å². The molecule has 0 fully saturated rings. The maximum absolute atomic E-state index is 11.5. The molecule has 0 aliphatic rings. The highest BCUT2D eigenvalue weighted by molar-refractivity contribution is 6.31. The van der Waals surface area contributed by atoms with E-state index >= 15 is 0 Å². The van der Waals surface area contributed by atoms with Crippen molar-refractivity contribution < 1.29 is 9.53 Å². The molecule has 0 aliphatic heterocycles. The van der Waals surface area contributed by atoms with Crippen molar-refractivity contribution in [3.63, 3.8) is 0 Å². The lowest BCUT2D eigenvalue weighted by Crippen LogP contribution is -2.07. The van der Waals surface area contributed by atoms with Crippen LogP contribution in [0.3, 0.4) is 0 Å². The zero-order valence-electron chi connectivity index (χ0n) is 8.83. The maximum Gasteiger partial charge on any atom is 0.139 e. The first-order valence-corrected chi connectivity index (χ1v) is 5.44. The van der Waals surface area contributed by atoms with E-state index in [0.29, 0.717) is 31.1 Å². The molecule has 0 heterocycles. The lowest BCUT2D eigenvalue weighted by atomic mass is 10.1. The van der Waals surface area contributed by atoms with Gasteiger partial charge >= 0.3 is 0 Å². The second kappa shape index (κ2) is 6.59. The molecule has 0 aromatic heterocycles. The van der Waals surface area contributed by atoms with Gasteiger partial charge in [-0.1, -0.05) is 29.8 Å². The molecule has 0 bridgehead atoms. The summed E-state index contributed by atoms with van der Waals surface area (Å²) in [6.07, 6.45) is 0.853. The molecule has 0 saturated heterocycles. The van der Waals surface area contributed by atoms with Gasteiger partial charge in [0, 0.05) is 24.5 Å². The quantitative estimate of drug-likeness (QED) is 0.698. The molecule has 0 atom stereocenters. The molecule has 0 N–H and O–H groups in total. The minimum atomic E-state index is 0.163. The lowest BCUT2D eigenvalue weighted by Gasteiger charge is -2.03. The van der Waals surface area contributed by atoms with Gasteiger partial charge in [0.1, 0.15) is 5.78 Å². The lowest BCUT2D eigenvalue weighted by molar-refractivity contribution is -0.119. The summed E-state index contributed by atoms with van der Waals surface area (Å²) >= 11 is 5.95. The molecule has 0 saturated carbocycles. The Labute approximate surface area is 95.2 Å². The van der Waals surface area contributed by atoms with Crippen molar-refractivity contribution >= 4 is 17.4 Å². The molecule has 1 aromatic rings. The summed E-state index contributed by atoms with van der Waals surface area (Å²) < 4.78 is 5.12. The van der Waals surface area contributed by atoms with Crippen LogP contribution in [0, 0.1) is 0 Å². The Bertz CT molecular complexity index is 323. The van der Waals surface area contributed by atoms with E-state index in [4.69, 9.17) is 16.3 Å². The fraction of sp³-hybridized carbons (Fsp3) is 0.417. The highest BCUT2D eigenvalue weighted by Gasteiger charge is 2.06. The normalized spacial score (nSPS) is 10.3. The number of ketones is 1. The average Bonchev–Trinajstić information content (AvgIpc) is 2.22. The van der Waals surface area contributed by atoms with Crippen molar-refractivity contribution in [2.24, 2.45) is 0 Å². The first-order chi connectivity index (χ1) is 7.24. The standard InChI is InChI=1S/C12H15ClO2/c1-2-15-8-7-11(14)9-10-5-3-4-6-12(10)13/h3-6H,2,7-9H2,1H3. The Morgan fingerprint density at radius 1 is 1.40 bits per heavy atom. The minimum Gasteiger partial charge on any atom is -0.381 e. The number of hydrogen-bond donors (Lipinski definition) is 0. The van der Waals surface area contributed by atoms with E-state index in [0.717, 1.165) is 5.56 Å². The van der Waals surface area contributed by atoms with E-state index in [1.165, 1.54) is 0 Å². The topological polar surface area (TPSA) is 26.3 Å². The van der Waals surface area contributed by atoms with Crippen LogP contribution >= 0.6 is 11.6 Å². The molecule has 0 unspecified atom stereocenters. The predicted molar refractivity (Wildman–Crippen MR) is 61.3 cm³/mol. The van der Waals surface area contributed by atoms with Crippen molar-refractivity contribution in [1.82, 2.24) is 0 Å². The van der Waals surface area contributed by atoms with Gasteiger partial charge in [0.25, 0.3) is 0 Å². The van der Waals surface area contributed by atoms with E-state index in [1.807, 2.05) is 25.1 Å². The van der Waals surface area contributed by atoms with Gasteiger partial charge in [0.05, 0.1) is 6.61 Å². The Hall–Kier alpha value is -0.860. The zero-order chi connectivity index (χ0) is 11.1. The number of carbonyl (C=O) groups excluding carboxylic acids is 1. The molecule has 3 heteroatoms. The van der Waals surface area contributed by atoms with Gasteiger partial charge in [-0.3, -0.25) is 4.79 Å². The van der Waals surface area contributed by atoms with Crippen LogP contribution in [0.5, 0.6) is 0 Å². The SMILES string of the molecule is CCOCCC(=O)Cc1ccccc1Cl. The van der Waals surface area contributed by atoms with Crippen LogP contribution in [0.25, 0.3) is 0 Å². The van der Waals surface area contributed by atoms with E-state index in [-0.39, 0.29) is 5.78 Å². The number of rotatable bonds is 6. The van der Waals surface area contributed by atoms with Gasteiger partial charge in [0.2, 0.25) is 0 Å². The van der Waals surface area contributed by atoms with E-state index < -0.39 is 0 Å². The first kappa shape index (κ1) is 12.2. The molecule has 2 nitrogen and oxygen atoms in total. The Balaban J connectivity index is 2.41. The molecule has 1 aromatic carbocycles. The third-order valence-electron chi connectivity index (χ3n) is 2.07. The molecular weight excluding hydrogens is 212 g/mol. The maximum atomic E-state index is 11.5. The number of ether oxygens (including phenoxy) is 1. The number of Topliss-reactive ketones (excluding diaryl/α,β-unsaturated/α-hetero) is 1. The minimum absolute atomic E-state index is 0.163. The Morgan fingerprint density at radius 2 is 2.13 bits per heavy atom. The Morgan fingerprint density at radius 3 is 2.80 bits per heavy atom. The van der Waals surface area contributed by atoms with Gasteiger partial charge in [-0.25, -0.2) is 0 Å².